The van der Waals surface area contributed by atoms with Crippen molar-refractivity contribution < 1.29 is 0 Å². The number of pyridine rings is 1. The largest absolute Gasteiger partial charge is 0.362 e. The number of nitrogens with zero attached hydrogens (tertiary/aromatic N) is 1. The molecule has 3 heteroatoms. The molecule has 0 saturated heterocycles. The van der Waals surface area contributed by atoms with Gasteiger partial charge in [-0.1, -0.05) is 54.1 Å². The first kappa shape index (κ1) is 13.6. The van der Waals surface area contributed by atoms with Crippen LogP contribution in [0, 0.1) is 0 Å². The molecule has 1 aromatic carbocycles. The SMILES string of the molecule is CC1=CC=C(SCc2ccccc2)C2c3cccnc3NC12. The molecule has 1 N–H and O–H groups in total. The van der Waals surface area contributed by atoms with Gasteiger partial charge in [0, 0.05) is 23.4 Å². The summed E-state index contributed by atoms with van der Waals surface area (Å²) >= 11 is 1.94. The fraction of sp³-hybridized carbons (Fsp3) is 0.211. The second-order valence-electron chi connectivity index (χ2n) is 5.79. The molecule has 2 atom stereocenters. The Labute approximate surface area is 135 Å². The molecule has 2 aromatic rings. The van der Waals surface area contributed by atoms with Crippen LogP contribution in [0.25, 0.3) is 0 Å². The standard InChI is InChI=1S/C19H18N2S/c1-13-9-10-16(22-12-14-6-3-2-4-7-14)17-15-8-5-11-20-19(15)21-18(13)17/h2-11,17-18H,12H2,1H3,(H,20,21). The molecule has 1 aromatic heterocycles. The van der Waals surface area contributed by atoms with Crippen LogP contribution in [-0.2, 0) is 5.75 Å². The number of allylic oxidation sites excluding steroid dienone is 2. The van der Waals surface area contributed by atoms with Gasteiger partial charge in [0.1, 0.15) is 5.82 Å². The van der Waals surface area contributed by atoms with Crippen molar-refractivity contribution in [3.8, 4) is 0 Å². The fourth-order valence-corrected chi connectivity index (χ4v) is 4.33. The molecule has 0 bridgehead atoms. The van der Waals surface area contributed by atoms with Crippen molar-refractivity contribution in [3.05, 3.63) is 82.4 Å². The molecule has 0 fully saturated rings. The van der Waals surface area contributed by atoms with Crippen molar-refractivity contribution in [2.45, 2.75) is 24.6 Å². The van der Waals surface area contributed by atoms with E-state index in [1.54, 1.807) is 0 Å². The Morgan fingerprint density at radius 3 is 2.82 bits per heavy atom. The monoisotopic (exact) mass is 306 g/mol. The van der Waals surface area contributed by atoms with Crippen molar-refractivity contribution in [1.29, 1.82) is 0 Å². The molecule has 2 unspecified atom stereocenters. The third-order valence-electron chi connectivity index (χ3n) is 4.36. The van der Waals surface area contributed by atoms with E-state index in [4.69, 9.17) is 0 Å². The molecule has 0 amide bonds. The van der Waals surface area contributed by atoms with Crippen LogP contribution in [0.5, 0.6) is 0 Å². The van der Waals surface area contributed by atoms with E-state index in [2.05, 4.69) is 65.8 Å². The number of thioether (sulfide) groups is 1. The molecule has 1 aliphatic carbocycles. The van der Waals surface area contributed by atoms with Crippen molar-refractivity contribution in [3.63, 3.8) is 0 Å². The molecule has 2 nitrogen and oxygen atoms in total. The van der Waals surface area contributed by atoms with Crippen LogP contribution >= 0.6 is 11.8 Å². The first-order chi connectivity index (χ1) is 10.8. The number of hydrogen-bond donors (Lipinski definition) is 1. The number of aromatic nitrogens is 1. The van der Waals surface area contributed by atoms with Gasteiger partial charge in [0.15, 0.2) is 0 Å². The molecule has 110 valence electrons. The van der Waals surface area contributed by atoms with Gasteiger partial charge in [-0.2, -0.15) is 0 Å². The van der Waals surface area contributed by atoms with Crippen molar-refractivity contribution in [2.24, 2.45) is 0 Å². The third kappa shape index (κ3) is 2.35. The zero-order chi connectivity index (χ0) is 14.9. The van der Waals surface area contributed by atoms with Gasteiger partial charge >= 0.3 is 0 Å². The predicted molar refractivity (Wildman–Crippen MR) is 94.0 cm³/mol. The molecule has 2 aliphatic rings. The van der Waals surface area contributed by atoms with E-state index in [0.717, 1.165) is 11.6 Å². The van der Waals surface area contributed by atoms with Gasteiger partial charge < -0.3 is 5.32 Å². The van der Waals surface area contributed by atoms with Crippen LogP contribution < -0.4 is 5.32 Å². The number of fused-ring (bicyclic) bond motifs is 3. The summed E-state index contributed by atoms with van der Waals surface area (Å²) in [7, 11) is 0. The van der Waals surface area contributed by atoms with Gasteiger partial charge in [0.2, 0.25) is 0 Å². The Kier molecular flexibility index (Phi) is 3.51. The van der Waals surface area contributed by atoms with E-state index in [1.165, 1.54) is 21.6 Å². The minimum atomic E-state index is 0.355. The second kappa shape index (κ2) is 5.65. The summed E-state index contributed by atoms with van der Waals surface area (Å²) in [6, 6.07) is 15.3. The van der Waals surface area contributed by atoms with Crippen LogP contribution in [0.2, 0.25) is 0 Å². The topological polar surface area (TPSA) is 24.9 Å². The molecule has 1 aliphatic heterocycles. The fourth-order valence-electron chi connectivity index (χ4n) is 3.19. The highest BCUT2D eigenvalue weighted by atomic mass is 32.2. The van der Waals surface area contributed by atoms with E-state index in [0.29, 0.717) is 12.0 Å². The number of anilines is 1. The summed E-state index contributed by atoms with van der Waals surface area (Å²) in [5.41, 5.74) is 4.08. The minimum absolute atomic E-state index is 0.355. The third-order valence-corrected chi connectivity index (χ3v) is 5.56. The Morgan fingerprint density at radius 1 is 1.09 bits per heavy atom. The van der Waals surface area contributed by atoms with Gasteiger partial charge in [-0.3, -0.25) is 0 Å². The lowest BCUT2D eigenvalue weighted by Gasteiger charge is -2.26. The summed E-state index contributed by atoms with van der Waals surface area (Å²) in [5, 5.41) is 3.58. The zero-order valence-electron chi connectivity index (χ0n) is 12.5. The number of nitrogens with one attached hydrogen (secondary N) is 1. The van der Waals surface area contributed by atoms with Crippen molar-refractivity contribution in [1.82, 2.24) is 4.98 Å². The van der Waals surface area contributed by atoms with Gasteiger partial charge in [-0.05, 0) is 23.5 Å². The van der Waals surface area contributed by atoms with E-state index < -0.39 is 0 Å². The quantitative estimate of drug-likeness (QED) is 0.887. The average molecular weight is 306 g/mol. The Balaban J connectivity index is 1.62. The smallest absolute Gasteiger partial charge is 0.130 e. The first-order valence-electron chi connectivity index (χ1n) is 7.59. The lowest BCUT2D eigenvalue weighted by atomic mass is 9.87. The van der Waals surface area contributed by atoms with Gasteiger partial charge in [0.25, 0.3) is 0 Å². The summed E-state index contributed by atoms with van der Waals surface area (Å²) in [6.07, 6.45) is 6.39. The highest BCUT2D eigenvalue weighted by Crippen LogP contribution is 2.48. The Morgan fingerprint density at radius 2 is 1.95 bits per heavy atom. The normalized spacial score (nSPS) is 22.2. The zero-order valence-corrected chi connectivity index (χ0v) is 13.3. The average Bonchev–Trinajstić information content (AvgIpc) is 2.96. The number of rotatable bonds is 3. The second-order valence-corrected chi connectivity index (χ2v) is 6.84. The maximum atomic E-state index is 4.50. The summed E-state index contributed by atoms with van der Waals surface area (Å²) in [6.45, 7) is 2.20. The molecule has 0 radical (unpaired) electrons. The van der Waals surface area contributed by atoms with Crippen LogP contribution in [0.15, 0.2) is 71.3 Å². The van der Waals surface area contributed by atoms with Gasteiger partial charge in [-0.25, -0.2) is 4.98 Å². The maximum absolute atomic E-state index is 4.50. The minimum Gasteiger partial charge on any atom is -0.362 e. The Bertz CT molecular complexity index is 749. The number of hydrogen-bond acceptors (Lipinski definition) is 3. The Hall–Kier alpha value is -2.00. The van der Waals surface area contributed by atoms with Crippen LogP contribution in [0.4, 0.5) is 5.82 Å². The highest BCUT2D eigenvalue weighted by Gasteiger charge is 2.37. The molecule has 4 rings (SSSR count). The molecule has 22 heavy (non-hydrogen) atoms. The molecule has 0 saturated carbocycles. The van der Waals surface area contributed by atoms with Crippen molar-refractivity contribution >= 4 is 17.6 Å². The number of benzene rings is 1. The van der Waals surface area contributed by atoms with Crippen LogP contribution in [0.1, 0.15) is 24.0 Å². The summed E-state index contributed by atoms with van der Waals surface area (Å²) in [4.78, 5) is 5.93. The molecule has 0 spiro atoms. The van der Waals surface area contributed by atoms with E-state index in [-0.39, 0.29) is 0 Å². The molecular formula is C19H18N2S. The first-order valence-corrected chi connectivity index (χ1v) is 8.58. The van der Waals surface area contributed by atoms with Crippen molar-refractivity contribution in [2.75, 3.05) is 5.32 Å². The van der Waals surface area contributed by atoms with Gasteiger partial charge in [0.05, 0.1) is 6.04 Å². The van der Waals surface area contributed by atoms with Crippen LogP contribution in [0.3, 0.4) is 0 Å². The van der Waals surface area contributed by atoms with Gasteiger partial charge in [-0.15, -0.1) is 11.8 Å². The predicted octanol–water partition coefficient (Wildman–Crippen LogP) is 4.74. The highest BCUT2D eigenvalue weighted by molar-refractivity contribution is 8.02. The summed E-state index contributed by atoms with van der Waals surface area (Å²) < 4.78 is 0. The van der Waals surface area contributed by atoms with E-state index in [9.17, 15) is 0 Å². The lowest BCUT2D eigenvalue weighted by Crippen LogP contribution is -2.24. The molecular weight excluding hydrogens is 288 g/mol. The van der Waals surface area contributed by atoms with Crippen LogP contribution in [-0.4, -0.2) is 11.0 Å². The maximum Gasteiger partial charge on any atom is 0.130 e. The van der Waals surface area contributed by atoms with E-state index >= 15 is 0 Å². The van der Waals surface area contributed by atoms with E-state index in [1.807, 2.05) is 24.0 Å². The lowest BCUT2D eigenvalue weighted by molar-refractivity contribution is 0.752. The summed E-state index contributed by atoms with van der Waals surface area (Å²) in [5.74, 6) is 2.46. The molecule has 2 heterocycles.